The molecule has 18 heavy (non-hydrogen) atoms. The minimum Gasteiger partial charge on any atom is -0.355 e. The highest BCUT2D eigenvalue weighted by molar-refractivity contribution is 5.95. The largest absolute Gasteiger partial charge is 0.355 e. The quantitative estimate of drug-likeness (QED) is 0.868. The fraction of sp³-hybridized carbons (Fsp3) is 0.0714. The molecule has 2 aromatic rings. The molecule has 2 rings (SSSR count). The zero-order valence-electron chi connectivity index (χ0n) is 9.71. The van der Waals surface area contributed by atoms with E-state index in [4.69, 9.17) is 0 Å². The van der Waals surface area contributed by atoms with Crippen LogP contribution in [0.2, 0.25) is 0 Å². The normalized spacial score (nSPS) is 10.2. The van der Waals surface area contributed by atoms with Crippen LogP contribution >= 0.6 is 0 Å². The number of rotatable bonds is 2. The van der Waals surface area contributed by atoms with E-state index in [1.807, 2.05) is 0 Å². The zero-order chi connectivity index (χ0) is 13.1. The summed E-state index contributed by atoms with van der Waals surface area (Å²) >= 11 is 0. The molecule has 0 heterocycles. The highest BCUT2D eigenvalue weighted by Gasteiger charge is 2.08. The van der Waals surface area contributed by atoms with Crippen molar-refractivity contribution in [2.24, 2.45) is 0 Å². The molecule has 1 amide bonds. The van der Waals surface area contributed by atoms with Gasteiger partial charge in [0.25, 0.3) is 5.91 Å². The second kappa shape index (κ2) is 4.96. The first kappa shape index (κ1) is 12.2. The van der Waals surface area contributed by atoms with E-state index in [0.29, 0.717) is 11.1 Å². The Morgan fingerprint density at radius 2 is 1.72 bits per heavy atom. The fourth-order valence-corrected chi connectivity index (χ4v) is 1.70. The minimum atomic E-state index is -0.532. The topological polar surface area (TPSA) is 29.1 Å². The summed E-state index contributed by atoms with van der Waals surface area (Å²) in [5.74, 6) is -1.32. The molecule has 92 valence electrons. The summed E-state index contributed by atoms with van der Waals surface area (Å²) in [5.41, 5.74) is 1.20. The second-order valence-corrected chi connectivity index (χ2v) is 3.82. The van der Waals surface area contributed by atoms with Gasteiger partial charge in [0.1, 0.15) is 11.6 Å². The lowest BCUT2D eigenvalue weighted by Gasteiger charge is -2.06. The summed E-state index contributed by atoms with van der Waals surface area (Å²) < 4.78 is 26.5. The monoisotopic (exact) mass is 247 g/mol. The zero-order valence-corrected chi connectivity index (χ0v) is 9.71. The van der Waals surface area contributed by atoms with Crippen molar-refractivity contribution in [2.75, 3.05) is 7.05 Å². The Morgan fingerprint density at radius 3 is 2.39 bits per heavy atom. The molecule has 0 unspecified atom stereocenters. The highest BCUT2D eigenvalue weighted by Crippen LogP contribution is 2.22. The lowest BCUT2D eigenvalue weighted by molar-refractivity contribution is 0.0962. The molecule has 0 aliphatic carbocycles. The number of hydrogen-bond donors (Lipinski definition) is 1. The van der Waals surface area contributed by atoms with Gasteiger partial charge in [0.05, 0.1) is 0 Å². The number of hydrogen-bond acceptors (Lipinski definition) is 1. The van der Waals surface area contributed by atoms with Crippen molar-refractivity contribution in [3.8, 4) is 11.1 Å². The number of halogens is 2. The molecule has 0 atom stereocenters. The molecule has 0 bridgehead atoms. The molecule has 0 fully saturated rings. The molecule has 2 nitrogen and oxygen atoms in total. The number of amides is 1. The third-order valence-electron chi connectivity index (χ3n) is 2.54. The Kier molecular flexibility index (Phi) is 3.37. The van der Waals surface area contributed by atoms with Gasteiger partial charge in [-0.3, -0.25) is 4.79 Å². The SMILES string of the molecule is CNC(=O)c1cc(F)cc(-c2cccc(F)c2)c1. The Bertz CT molecular complexity index is 596. The molecule has 0 aliphatic heterocycles. The molecular formula is C14H11F2NO. The molecule has 2 aromatic carbocycles. The average molecular weight is 247 g/mol. The van der Waals surface area contributed by atoms with Gasteiger partial charge in [-0.2, -0.15) is 0 Å². The molecule has 0 aliphatic rings. The second-order valence-electron chi connectivity index (χ2n) is 3.82. The van der Waals surface area contributed by atoms with E-state index in [1.165, 1.54) is 37.4 Å². The summed E-state index contributed by atoms with van der Waals surface area (Å²) in [6.45, 7) is 0. The molecule has 4 heteroatoms. The van der Waals surface area contributed by atoms with Crippen LogP contribution in [0.15, 0.2) is 42.5 Å². The van der Waals surface area contributed by atoms with E-state index in [1.54, 1.807) is 6.07 Å². The molecule has 0 saturated carbocycles. The lowest BCUT2D eigenvalue weighted by atomic mass is 10.0. The maximum absolute atomic E-state index is 13.4. The molecule has 0 spiro atoms. The molecule has 1 N–H and O–H groups in total. The van der Waals surface area contributed by atoms with Gasteiger partial charge in [0, 0.05) is 12.6 Å². The van der Waals surface area contributed by atoms with Gasteiger partial charge < -0.3 is 5.32 Å². The van der Waals surface area contributed by atoms with Crippen molar-refractivity contribution in [3.05, 3.63) is 59.7 Å². The van der Waals surface area contributed by atoms with Crippen molar-refractivity contribution in [1.29, 1.82) is 0 Å². The van der Waals surface area contributed by atoms with Crippen LogP contribution < -0.4 is 5.32 Å². The maximum Gasteiger partial charge on any atom is 0.251 e. The Balaban J connectivity index is 2.51. The Hall–Kier alpha value is -2.23. The van der Waals surface area contributed by atoms with Gasteiger partial charge >= 0.3 is 0 Å². The predicted molar refractivity (Wildman–Crippen MR) is 65.2 cm³/mol. The van der Waals surface area contributed by atoms with Crippen LogP contribution in [0, 0.1) is 11.6 Å². The smallest absolute Gasteiger partial charge is 0.251 e. The van der Waals surface area contributed by atoms with Crippen LogP contribution in [-0.4, -0.2) is 13.0 Å². The summed E-state index contributed by atoms with van der Waals surface area (Å²) in [4.78, 5) is 11.5. The van der Waals surface area contributed by atoms with Crippen LogP contribution in [0.3, 0.4) is 0 Å². The van der Waals surface area contributed by atoms with Crippen molar-refractivity contribution >= 4 is 5.91 Å². The van der Waals surface area contributed by atoms with E-state index in [9.17, 15) is 13.6 Å². The third kappa shape index (κ3) is 2.53. The molecular weight excluding hydrogens is 236 g/mol. The summed E-state index contributed by atoms with van der Waals surface area (Å²) in [7, 11) is 1.47. The predicted octanol–water partition coefficient (Wildman–Crippen LogP) is 2.99. The molecule has 0 aromatic heterocycles. The van der Waals surface area contributed by atoms with Crippen LogP contribution in [0.1, 0.15) is 10.4 Å². The van der Waals surface area contributed by atoms with Gasteiger partial charge in [0.2, 0.25) is 0 Å². The van der Waals surface area contributed by atoms with Crippen molar-refractivity contribution < 1.29 is 13.6 Å². The first-order chi connectivity index (χ1) is 8.60. The summed E-state index contributed by atoms with van der Waals surface area (Å²) in [6.07, 6.45) is 0. The lowest BCUT2D eigenvalue weighted by Crippen LogP contribution is -2.17. The van der Waals surface area contributed by atoms with Crippen LogP contribution in [0.25, 0.3) is 11.1 Å². The Labute approximate surface area is 103 Å². The summed E-state index contributed by atoms with van der Waals surface area (Å²) in [5, 5.41) is 2.42. The van der Waals surface area contributed by atoms with Crippen LogP contribution in [0.5, 0.6) is 0 Å². The van der Waals surface area contributed by atoms with Crippen molar-refractivity contribution in [2.45, 2.75) is 0 Å². The van der Waals surface area contributed by atoms with Crippen LogP contribution in [0.4, 0.5) is 8.78 Å². The van der Waals surface area contributed by atoms with E-state index in [0.717, 1.165) is 6.07 Å². The van der Waals surface area contributed by atoms with Gasteiger partial charge in [-0.1, -0.05) is 12.1 Å². The number of carbonyl (C=O) groups excluding carboxylic acids is 1. The fourth-order valence-electron chi connectivity index (χ4n) is 1.70. The van der Waals surface area contributed by atoms with E-state index >= 15 is 0 Å². The van der Waals surface area contributed by atoms with Crippen molar-refractivity contribution in [3.63, 3.8) is 0 Å². The minimum absolute atomic E-state index is 0.205. The van der Waals surface area contributed by atoms with Gasteiger partial charge in [0.15, 0.2) is 0 Å². The number of benzene rings is 2. The first-order valence-electron chi connectivity index (χ1n) is 5.39. The van der Waals surface area contributed by atoms with Gasteiger partial charge in [-0.15, -0.1) is 0 Å². The number of carbonyl (C=O) groups is 1. The van der Waals surface area contributed by atoms with Gasteiger partial charge in [-0.05, 0) is 41.5 Å². The third-order valence-corrected chi connectivity index (χ3v) is 2.54. The molecule has 0 radical (unpaired) electrons. The average Bonchev–Trinajstić information content (AvgIpc) is 2.37. The standard InChI is InChI=1S/C14H11F2NO/c1-17-14(18)11-5-10(7-13(16)8-11)9-3-2-4-12(15)6-9/h2-8H,1H3,(H,17,18). The van der Waals surface area contributed by atoms with Crippen LogP contribution in [-0.2, 0) is 0 Å². The molecule has 0 saturated heterocycles. The van der Waals surface area contributed by atoms with E-state index in [2.05, 4.69) is 5.32 Å². The Morgan fingerprint density at radius 1 is 1.00 bits per heavy atom. The van der Waals surface area contributed by atoms with E-state index < -0.39 is 11.6 Å². The number of nitrogens with one attached hydrogen (secondary N) is 1. The highest BCUT2D eigenvalue weighted by atomic mass is 19.1. The van der Waals surface area contributed by atoms with Gasteiger partial charge in [-0.25, -0.2) is 8.78 Å². The maximum atomic E-state index is 13.4. The van der Waals surface area contributed by atoms with E-state index in [-0.39, 0.29) is 11.5 Å². The van der Waals surface area contributed by atoms with Crippen molar-refractivity contribution in [1.82, 2.24) is 5.32 Å². The first-order valence-corrected chi connectivity index (χ1v) is 5.39. The summed E-state index contributed by atoms with van der Waals surface area (Å²) in [6, 6.07) is 9.73.